The number of aliphatic imine (C=N–C) groups is 1. The lowest BCUT2D eigenvalue weighted by Gasteiger charge is -2.16. The number of fused-ring (bicyclic) bond motifs is 1. The van der Waals surface area contributed by atoms with Crippen LogP contribution in [0, 0.1) is 6.92 Å². The van der Waals surface area contributed by atoms with Crippen molar-refractivity contribution in [3.63, 3.8) is 0 Å². The first-order valence-electron chi connectivity index (χ1n) is 8.12. The highest BCUT2D eigenvalue weighted by molar-refractivity contribution is 8.13. The minimum absolute atomic E-state index is 0.470. The summed E-state index contributed by atoms with van der Waals surface area (Å²) < 4.78 is 11.2. The van der Waals surface area contributed by atoms with Crippen LogP contribution in [0.3, 0.4) is 0 Å². The van der Waals surface area contributed by atoms with E-state index in [2.05, 4.69) is 33.5 Å². The number of benzene rings is 2. The van der Waals surface area contributed by atoms with Gasteiger partial charge in [0, 0.05) is 10.5 Å². The van der Waals surface area contributed by atoms with Crippen LogP contribution in [0.25, 0.3) is 11.4 Å². The third-order valence-electron chi connectivity index (χ3n) is 3.89. The summed E-state index contributed by atoms with van der Waals surface area (Å²) in [6, 6.07) is 14.1. The van der Waals surface area contributed by atoms with Crippen molar-refractivity contribution in [3.05, 3.63) is 53.9 Å². The molecule has 0 saturated heterocycles. The van der Waals surface area contributed by atoms with Crippen molar-refractivity contribution < 1.29 is 9.26 Å². The topological polar surface area (TPSA) is 60.5 Å². The van der Waals surface area contributed by atoms with Gasteiger partial charge in [-0.15, -0.1) is 11.8 Å². The van der Waals surface area contributed by atoms with Crippen molar-refractivity contribution in [1.82, 2.24) is 10.1 Å². The van der Waals surface area contributed by atoms with Crippen molar-refractivity contribution >= 4 is 34.3 Å². The highest BCUT2D eigenvalue weighted by Crippen LogP contribution is 2.33. The predicted molar refractivity (Wildman–Crippen MR) is 107 cm³/mol. The molecule has 0 aliphatic carbocycles. The van der Waals surface area contributed by atoms with E-state index < -0.39 is 0 Å². The number of ether oxygens (including phenoxy) is 1. The highest BCUT2D eigenvalue weighted by atomic mass is 32.2. The molecule has 0 spiro atoms. The second-order valence-electron chi connectivity index (χ2n) is 5.79. The van der Waals surface area contributed by atoms with Crippen molar-refractivity contribution in [2.75, 3.05) is 12.9 Å². The Morgan fingerprint density at radius 3 is 2.77 bits per heavy atom. The Hall–Kier alpha value is -2.25. The zero-order chi connectivity index (χ0) is 17.9. The number of hydrogen-bond donors (Lipinski definition) is 0. The number of nitrogens with zero attached hydrogens (tertiary/aromatic N) is 3. The van der Waals surface area contributed by atoms with E-state index in [4.69, 9.17) is 9.26 Å². The van der Waals surface area contributed by atoms with Crippen LogP contribution >= 0.6 is 23.5 Å². The van der Waals surface area contributed by atoms with Crippen LogP contribution in [0.2, 0.25) is 0 Å². The number of aromatic nitrogens is 2. The Morgan fingerprint density at radius 2 is 1.96 bits per heavy atom. The third kappa shape index (κ3) is 3.78. The number of rotatable bonds is 4. The average molecular weight is 383 g/mol. The molecule has 2 heterocycles. The van der Waals surface area contributed by atoms with Gasteiger partial charge in [0.25, 0.3) is 0 Å². The number of aryl methyl sites for hydroxylation is 1. The van der Waals surface area contributed by atoms with E-state index in [0.717, 1.165) is 22.0 Å². The minimum atomic E-state index is 0.470. The molecule has 3 aromatic rings. The maximum Gasteiger partial charge on any atom is 0.237 e. The summed E-state index contributed by atoms with van der Waals surface area (Å²) in [5.74, 6) is 2.59. The summed E-state index contributed by atoms with van der Waals surface area (Å²) in [6.07, 6.45) is 2.05. The first-order valence-corrected chi connectivity index (χ1v) is 10.3. The second-order valence-corrected chi connectivity index (χ2v) is 7.72. The summed E-state index contributed by atoms with van der Waals surface area (Å²) in [5, 5.41) is 4.98. The van der Waals surface area contributed by atoms with E-state index in [1.54, 1.807) is 23.5 Å². The highest BCUT2D eigenvalue weighted by Gasteiger charge is 2.15. The molecule has 5 nitrogen and oxygen atoms in total. The molecular formula is C19H17N3O2S2. The molecule has 1 aliphatic heterocycles. The maximum atomic E-state index is 5.78. The molecule has 26 heavy (non-hydrogen) atoms. The fourth-order valence-corrected chi connectivity index (χ4v) is 3.65. The largest absolute Gasteiger partial charge is 0.484 e. The van der Waals surface area contributed by atoms with Crippen LogP contribution in [-0.2, 0) is 5.75 Å². The average Bonchev–Trinajstić information content (AvgIpc) is 3.15. The lowest BCUT2D eigenvalue weighted by atomic mass is 10.2. The molecule has 4 rings (SSSR count). The van der Waals surface area contributed by atoms with Gasteiger partial charge in [0.2, 0.25) is 11.7 Å². The molecule has 0 N–H and O–H groups in total. The fraction of sp³-hybridized carbons (Fsp3) is 0.211. The summed E-state index contributed by atoms with van der Waals surface area (Å²) in [4.78, 5) is 10.3. The SMILES string of the molecule is CSc1ccc(-c2noc(CSC3=Nc4ccc(C)cc4OC3)n2)cc1. The Bertz CT molecular complexity index is 952. The summed E-state index contributed by atoms with van der Waals surface area (Å²) >= 11 is 3.26. The molecule has 2 aromatic carbocycles. The van der Waals surface area contributed by atoms with Gasteiger partial charge < -0.3 is 9.26 Å². The Balaban J connectivity index is 1.42. The molecule has 0 fully saturated rings. The van der Waals surface area contributed by atoms with E-state index in [0.29, 0.717) is 24.1 Å². The number of hydrogen-bond acceptors (Lipinski definition) is 7. The lowest BCUT2D eigenvalue weighted by Crippen LogP contribution is -2.12. The van der Waals surface area contributed by atoms with E-state index in [9.17, 15) is 0 Å². The molecule has 0 amide bonds. The quantitative estimate of drug-likeness (QED) is 0.583. The fourth-order valence-electron chi connectivity index (χ4n) is 2.53. The molecule has 0 unspecified atom stereocenters. The molecule has 1 aromatic heterocycles. The smallest absolute Gasteiger partial charge is 0.237 e. The summed E-state index contributed by atoms with van der Waals surface area (Å²) in [7, 11) is 0. The Kier molecular flexibility index (Phi) is 4.99. The van der Waals surface area contributed by atoms with E-state index in [1.807, 2.05) is 37.3 Å². The van der Waals surface area contributed by atoms with E-state index >= 15 is 0 Å². The van der Waals surface area contributed by atoms with Gasteiger partial charge in [0.1, 0.15) is 23.1 Å². The monoisotopic (exact) mass is 383 g/mol. The predicted octanol–water partition coefficient (Wildman–Crippen LogP) is 5.12. The normalized spacial score (nSPS) is 13.1. The molecule has 0 bridgehead atoms. The van der Waals surface area contributed by atoms with Gasteiger partial charge >= 0.3 is 0 Å². The molecular weight excluding hydrogens is 366 g/mol. The standard InChI is InChI=1S/C19H17N3O2S2/c1-12-3-8-15-16(9-12)23-10-18(20-15)26-11-17-21-19(22-24-17)13-4-6-14(25-2)7-5-13/h3-9H,10-11H2,1-2H3. The van der Waals surface area contributed by atoms with Gasteiger partial charge in [-0.25, -0.2) is 4.99 Å². The van der Waals surface area contributed by atoms with E-state index in [1.165, 1.54) is 10.5 Å². The van der Waals surface area contributed by atoms with Crippen LogP contribution in [0.5, 0.6) is 5.75 Å². The Labute approximate surface area is 160 Å². The van der Waals surface area contributed by atoms with Gasteiger partial charge in [0.05, 0.1) is 5.75 Å². The van der Waals surface area contributed by atoms with Gasteiger partial charge in [-0.05, 0) is 55.1 Å². The summed E-state index contributed by atoms with van der Waals surface area (Å²) in [5.41, 5.74) is 2.98. The van der Waals surface area contributed by atoms with Gasteiger partial charge in [-0.3, -0.25) is 0 Å². The first-order chi connectivity index (χ1) is 12.7. The first kappa shape index (κ1) is 17.2. The number of thioether (sulfide) groups is 2. The van der Waals surface area contributed by atoms with Crippen LogP contribution in [0.15, 0.2) is 56.9 Å². The van der Waals surface area contributed by atoms with Crippen LogP contribution in [-0.4, -0.2) is 28.0 Å². The van der Waals surface area contributed by atoms with Gasteiger partial charge in [-0.1, -0.05) is 23.0 Å². The zero-order valence-corrected chi connectivity index (χ0v) is 16.1. The van der Waals surface area contributed by atoms with E-state index in [-0.39, 0.29) is 0 Å². The molecule has 0 saturated carbocycles. The van der Waals surface area contributed by atoms with Crippen molar-refractivity contribution in [2.24, 2.45) is 4.99 Å². The van der Waals surface area contributed by atoms with Crippen molar-refractivity contribution in [1.29, 1.82) is 0 Å². The van der Waals surface area contributed by atoms with Crippen LogP contribution in [0.4, 0.5) is 5.69 Å². The van der Waals surface area contributed by atoms with Gasteiger partial charge in [-0.2, -0.15) is 4.98 Å². The van der Waals surface area contributed by atoms with Crippen LogP contribution < -0.4 is 4.74 Å². The van der Waals surface area contributed by atoms with Crippen molar-refractivity contribution in [2.45, 2.75) is 17.6 Å². The third-order valence-corrected chi connectivity index (χ3v) is 5.57. The second kappa shape index (κ2) is 7.55. The lowest BCUT2D eigenvalue weighted by molar-refractivity contribution is 0.375. The maximum absolute atomic E-state index is 5.78. The van der Waals surface area contributed by atoms with Gasteiger partial charge in [0.15, 0.2) is 0 Å². The molecule has 132 valence electrons. The molecule has 0 atom stereocenters. The van der Waals surface area contributed by atoms with Crippen LogP contribution in [0.1, 0.15) is 11.5 Å². The Morgan fingerprint density at radius 1 is 1.12 bits per heavy atom. The minimum Gasteiger partial charge on any atom is -0.484 e. The molecule has 0 radical (unpaired) electrons. The van der Waals surface area contributed by atoms with Crippen molar-refractivity contribution in [3.8, 4) is 17.1 Å². The molecule has 1 aliphatic rings. The zero-order valence-electron chi connectivity index (χ0n) is 14.4. The molecule has 7 heteroatoms. The summed E-state index contributed by atoms with van der Waals surface area (Å²) in [6.45, 7) is 2.51.